The molecule has 2 aromatic heterocycles. The van der Waals surface area contributed by atoms with Gasteiger partial charge in [-0.15, -0.1) is 11.3 Å². The summed E-state index contributed by atoms with van der Waals surface area (Å²) >= 11 is 1.80. The zero-order valence-electron chi connectivity index (χ0n) is 20.0. The molecule has 2 nitrogen and oxygen atoms in total. The van der Waals surface area contributed by atoms with Crippen LogP contribution in [0.1, 0.15) is 0 Å². The molecule has 0 atom stereocenters. The molecule has 0 amide bonds. The highest BCUT2D eigenvalue weighted by molar-refractivity contribution is 7.26. The number of benzene rings is 5. The highest BCUT2D eigenvalue weighted by Crippen LogP contribution is 2.39. The van der Waals surface area contributed by atoms with Crippen LogP contribution in [0.5, 0.6) is 0 Å². The lowest BCUT2D eigenvalue weighted by Crippen LogP contribution is -1.91. The van der Waals surface area contributed by atoms with Crippen LogP contribution in [-0.4, -0.2) is 9.97 Å². The molecule has 2 heterocycles. The first-order valence-corrected chi connectivity index (χ1v) is 13.1. The van der Waals surface area contributed by atoms with E-state index < -0.39 is 0 Å². The van der Waals surface area contributed by atoms with Crippen LogP contribution in [0.15, 0.2) is 134 Å². The first kappa shape index (κ1) is 21.7. The minimum absolute atomic E-state index is 0.753. The van der Waals surface area contributed by atoms with Crippen molar-refractivity contribution in [2.45, 2.75) is 0 Å². The fourth-order valence-electron chi connectivity index (χ4n) is 4.93. The number of rotatable bonds is 4. The maximum Gasteiger partial charge on any atom is 0.160 e. The number of aromatic nitrogens is 2. The van der Waals surface area contributed by atoms with Gasteiger partial charge in [-0.2, -0.15) is 0 Å². The number of fused-ring (bicyclic) bond motifs is 3. The van der Waals surface area contributed by atoms with Crippen molar-refractivity contribution >= 4 is 31.5 Å². The molecular weight excluding hydrogens is 468 g/mol. The highest BCUT2D eigenvalue weighted by atomic mass is 32.1. The standard InChI is InChI=1S/C34H22N2S/c1-3-10-23(11-4-1)25-18-26(24-12-5-2-6-13-24)20-27(19-25)28-21-35-34(36-22-28)31-16-9-15-30-29-14-7-8-17-32(29)37-33(30)31/h1-22H. The van der Waals surface area contributed by atoms with Crippen molar-refractivity contribution in [2.24, 2.45) is 0 Å². The minimum Gasteiger partial charge on any atom is -0.236 e. The third kappa shape index (κ3) is 4.00. The summed E-state index contributed by atoms with van der Waals surface area (Å²) in [5, 5.41) is 2.54. The molecule has 0 unspecified atom stereocenters. The van der Waals surface area contributed by atoms with E-state index in [2.05, 4.69) is 121 Å². The van der Waals surface area contributed by atoms with E-state index in [9.17, 15) is 0 Å². The van der Waals surface area contributed by atoms with Gasteiger partial charge in [0.1, 0.15) is 0 Å². The van der Waals surface area contributed by atoms with Crippen LogP contribution >= 0.6 is 11.3 Å². The molecule has 0 aliphatic heterocycles. The second kappa shape index (κ2) is 9.12. The zero-order chi connectivity index (χ0) is 24.6. The van der Waals surface area contributed by atoms with Crippen LogP contribution in [0.4, 0.5) is 0 Å². The third-order valence-electron chi connectivity index (χ3n) is 6.78. The maximum atomic E-state index is 4.85. The predicted molar refractivity (Wildman–Crippen MR) is 157 cm³/mol. The summed E-state index contributed by atoms with van der Waals surface area (Å²) in [4.78, 5) is 9.69. The second-order valence-electron chi connectivity index (χ2n) is 9.11. The lowest BCUT2D eigenvalue weighted by atomic mass is 9.94. The van der Waals surface area contributed by atoms with Gasteiger partial charge in [-0.1, -0.05) is 91.0 Å². The first-order chi connectivity index (χ1) is 18.3. The van der Waals surface area contributed by atoms with Crippen molar-refractivity contribution in [1.29, 1.82) is 0 Å². The van der Waals surface area contributed by atoms with Gasteiger partial charge >= 0.3 is 0 Å². The summed E-state index contributed by atoms with van der Waals surface area (Å²) in [5.41, 5.74) is 7.92. The van der Waals surface area contributed by atoms with E-state index >= 15 is 0 Å². The van der Waals surface area contributed by atoms with Crippen LogP contribution in [0, 0.1) is 0 Å². The molecule has 174 valence electrons. The molecule has 7 aromatic rings. The van der Waals surface area contributed by atoms with Gasteiger partial charge in [-0.3, -0.25) is 0 Å². The maximum absolute atomic E-state index is 4.85. The van der Waals surface area contributed by atoms with Crippen molar-refractivity contribution in [3.05, 3.63) is 134 Å². The Morgan fingerprint density at radius 1 is 0.432 bits per heavy atom. The Bertz CT molecular complexity index is 1800. The molecule has 0 saturated heterocycles. The van der Waals surface area contributed by atoms with Gasteiger partial charge in [0.05, 0.1) is 0 Å². The first-order valence-electron chi connectivity index (χ1n) is 12.3. The summed E-state index contributed by atoms with van der Waals surface area (Å²) in [7, 11) is 0. The number of thiophene rings is 1. The Morgan fingerprint density at radius 2 is 0.973 bits per heavy atom. The molecule has 0 bridgehead atoms. The van der Waals surface area contributed by atoms with E-state index in [1.165, 1.54) is 42.4 Å². The lowest BCUT2D eigenvalue weighted by molar-refractivity contribution is 1.18. The van der Waals surface area contributed by atoms with Gasteiger partial charge in [0.15, 0.2) is 5.82 Å². The predicted octanol–water partition coefficient (Wildman–Crippen LogP) is 9.51. The van der Waals surface area contributed by atoms with Crippen molar-refractivity contribution in [2.75, 3.05) is 0 Å². The summed E-state index contributed by atoms with van der Waals surface area (Å²) in [6.07, 6.45) is 3.90. The smallest absolute Gasteiger partial charge is 0.160 e. The van der Waals surface area contributed by atoms with Gasteiger partial charge in [-0.25, -0.2) is 9.97 Å². The van der Waals surface area contributed by atoms with E-state index in [0.29, 0.717) is 0 Å². The molecule has 0 aliphatic rings. The largest absolute Gasteiger partial charge is 0.236 e. The van der Waals surface area contributed by atoms with E-state index in [1.807, 2.05) is 12.4 Å². The summed E-state index contributed by atoms with van der Waals surface area (Å²) in [6, 6.07) is 42.7. The normalized spacial score (nSPS) is 11.2. The SMILES string of the molecule is c1ccc(-c2cc(-c3ccccc3)cc(-c3cnc(-c4cccc5c4sc4ccccc45)nc3)c2)cc1. The van der Waals surface area contributed by atoms with Crippen LogP contribution in [0.25, 0.3) is 64.9 Å². The Labute approximate surface area is 219 Å². The van der Waals surface area contributed by atoms with Crippen LogP contribution in [0.3, 0.4) is 0 Å². The highest BCUT2D eigenvalue weighted by Gasteiger charge is 2.13. The van der Waals surface area contributed by atoms with Gasteiger partial charge < -0.3 is 0 Å². The monoisotopic (exact) mass is 490 g/mol. The molecule has 0 radical (unpaired) electrons. The minimum atomic E-state index is 0.753. The van der Waals surface area contributed by atoms with E-state index in [1.54, 1.807) is 11.3 Å². The average Bonchev–Trinajstić information content (AvgIpc) is 3.37. The molecule has 3 heteroatoms. The van der Waals surface area contributed by atoms with Crippen molar-refractivity contribution in [1.82, 2.24) is 9.97 Å². The molecule has 0 N–H and O–H groups in total. The third-order valence-corrected chi connectivity index (χ3v) is 8.00. The van der Waals surface area contributed by atoms with E-state index in [4.69, 9.17) is 9.97 Å². The van der Waals surface area contributed by atoms with Crippen molar-refractivity contribution in [3.63, 3.8) is 0 Å². The number of nitrogens with zero attached hydrogens (tertiary/aromatic N) is 2. The van der Waals surface area contributed by atoms with Crippen molar-refractivity contribution in [3.8, 4) is 44.8 Å². The molecule has 37 heavy (non-hydrogen) atoms. The van der Waals surface area contributed by atoms with Gasteiger partial charge in [0, 0.05) is 43.7 Å². The van der Waals surface area contributed by atoms with Crippen LogP contribution < -0.4 is 0 Å². The van der Waals surface area contributed by atoms with Crippen LogP contribution in [0.2, 0.25) is 0 Å². The van der Waals surface area contributed by atoms with E-state index in [0.717, 1.165) is 22.5 Å². The quantitative estimate of drug-likeness (QED) is 0.245. The molecule has 0 saturated carbocycles. The Kier molecular flexibility index (Phi) is 5.34. The second-order valence-corrected chi connectivity index (χ2v) is 10.2. The number of hydrogen-bond donors (Lipinski definition) is 0. The molecular formula is C34H22N2S. The average molecular weight is 491 g/mol. The van der Waals surface area contributed by atoms with E-state index in [-0.39, 0.29) is 0 Å². The van der Waals surface area contributed by atoms with Gasteiger partial charge in [0.2, 0.25) is 0 Å². The fourth-order valence-corrected chi connectivity index (χ4v) is 6.14. The van der Waals surface area contributed by atoms with Gasteiger partial charge in [0.25, 0.3) is 0 Å². The Hall–Kier alpha value is -4.60. The molecule has 7 rings (SSSR count). The van der Waals surface area contributed by atoms with Crippen LogP contribution in [-0.2, 0) is 0 Å². The molecule has 5 aromatic carbocycles. The summed E-state index contributed by atoms with van der Waals surface area (Å²) in [5.74, 6) is 0.753. The molecule has 0 aliphatic carbocycles. The number of hydrogen-bond acceptors (Lipinski definition) is 3. The Balaban J connectivity index is 1.33. The van der Waals surface area contributed by atoms with Crippen molar-refractivity contribution < 1.29 is 0 Å². The molecule has 0 spiro atoms. The lowest BCUT2D eigenvalue weighted by Gasteiger charge is -2.11. The summed E-state index contributed by atoms with van der Waals surface area (Å²) < 4.78 is 2.52. The topological polar surface area (TPSA) is 25.8 Å². The molecule has 0 fully saturated rings. The van der Waals surface area contributed by atoms with Gasteiger partial charge in [-0.05, 0) is 58.1 Å². The Morgan fingerprint density at radius 3 is 1.62 bits per heavy atom. The zero-order valence-corrected chi connectivity index (χ0v) is 20.8. The fraction of sp³-hybridized carbons (Fsp3) is 0. The summed E-state index contributed by atoms with van der Waals surface area (Å²) in [6.45, 7) is 0.